The fraction of sp³-hybridized carbons (Fsp3) is 0.286. The molecule has 2 atom stereocenters. The first-order valence-electron chi connectivity index (χ1n) is 6.19. The SMILES string of the molecule is C[C@H]1CC(Nc2c(Br)cc(Br)cc2Br)c2ccsc2S1. The van der Waals surface area contributed by atoms with Crippen molar-refractivity contribution in [1.82, 2.24) is 0 Å². The summed E-state index contributed by atoms with van der Waals surface area (Å²) in [4.78, 5) is 0. The van der Waals surface area contributed by atoms with Gasteiger partial charge in [-0.25, -0.2) is 0 Å². The number of rotatable bonds is 2. The van der Waals surface area contributed by atoms with Gasteiger partial charge in [-0.05, 0) is 67.4 Å². The summed E-state index contributed by atoms with van der Waals surface area (Å²) >= 11 is 14.6. The van der Waals surface area contributed by atoms with Gasteiger partial charge in [0.25, 0.3) is 0 Å². The fourth-order valence-corrected chi connectivity index (χ4v) is 7.39. The highest BCUT2D eigenvalue weighted by Gasteiger charge is 2.27. The Balaban J connectivity index is 1.93. The lowest BCUT2D eigenvalue weighted by Gasteiger charge is -2.29. The van der Waals surface area contributed by atoms with Gasteiger partial charge in [-0.1, -0.05) is 22.9 Å². The van der Waals surface area contributed by atoms with E-state index in [0.717, 1.165) is 25.5 Å². The molecule has 0 saturated heterocycles. The zero-order chi connectivity index (χ0) is 14.3. The maximum absolute atomic E-state index is 3.70. The quantitative estimate of drug-likeness (QED) is 0.476. The predicted molar refractivity (Wildman–Crippen MR) is 100 cm³/mol. The van der Waals surface area contributed by atoms with E-state index in [-0.39, 0.29) is 0 Å². The van der Waals surface area contributed by atoms with Crippen molar-refractivity contribution in [1.29, 1.82) is 0 Å². The maximum atomic E-state index is 3.70. The number of hydrogen-bond acceptors (Lipinski definition) is 3. The zero-order valence-electron chi connectivity index (χ0n) is 10.6. The second-order valence-electron chi connectivity index (χ2n) is 4.77. The highest BCUT2D eigenvalue weighted by atomic mass is 79.9. The van der Waals surface area contributed by atoms with Gasteiger partial charge in [0.1, 0.15) is 0 Å². The standard InChI is InChI=1S/C14H12Br3NS2/c1-7-4-12(9-2-3-19-14(9)20-7)18-13-10(16)5-8(15)6-11(13)17/h2-3,5-7,12,18H,4H2,1H3/t7-,12?/m0/s1. The van der Waals surface area contributed by atoms with E-state index in [2.05, 4.69) is 83.6 Å². The zero-order valence-corrected chi connectivity index (χ0v) is 17.0. The first-order valence-corrected chi connectivity index (χ1v) is 10.3. The van der Waals surface area contributed by atoms with Gasteiger partial charge in [0, 0.05) is 18.7 Å². The van der Waals surface area contributed by atoms with Crippen molar-refractivity contribution < 1.29 is 0 Å². The molecular weight excluding hydrogens is 486 g/mol. The molecule has 1 aliphatic heterocycles. The smallest absolute Gasteiger partial charge is 0.0653 e. The van der Waals surface area contributed by atoms with Crippen LogP contribution in [0.3, 0.4) is 0 Å². The minimum Gasteiger partial charge on any atom is -0.376 e. The maximum Gasteiger partial charge on any atom is 0.0653 e. The van der Waals surface area contributed by atoms with Crippen LogP contribution >= 0.6 is 70.9 Å². The minimum absolute atomic E-state index is 0.376. The number of nitrogens with one attached hydrogen (secondary N) is 1. The van der Waals surface area contributed by atoms with Gasteiger partial charge in [-0.15, -0.1) is 23.1 Å². The second kappa shape index (κ2) is 6.32. The first kappa shape index (κ1) is 15.4. The molecule has 2 aromatic rings. The molecule has 3 rings (SSSR count). The van der Waals surface area contributed by atoms with Crippen molar-refractivity contribution in [2.24, 2.45) is 0 Å². The van der Waals surface area contributed by atoms with E-state index in [1.807, 2.05) is 23.1 Å². The highest BCUT2D eigenvalue weighted by molar-refractivity contribution is 9.11. The minimum atomic E-state index is 0.376. The lowest BCUT2D eigenvalue weighted by molar-refractivity contribution is 0.669. The van der Waals surface area contributed by atoms with Crippen molar-refractivity contribution in [3.63, 3.8) is 0 Å². The van der Waals surface area contributed by atoms with E-state index in [9.17, 15) is 0 Å². The number of benzene rings is 1. The van der Waals surface area contributed by atoms with Crippen LogP contribution in [-0.2, 0) is 0 Å². The summed E-state index contributed by atoms with van der Waals surface area (Å²) in [6, 6.07) is 6.77. The van der Waals surface area contributed by atoms with Gasteiger partial charge in [0.15, 0.2) is 0 Å². The highest BCUT2D eigenvalue weighted by Crippen LogP contribution is 2.46. The number of thiophene rings is 1. The molecule has 0 amide bonds. The third-order valence-electron chi connectivity index (χ3n) is 3.24. The molecule has 1 aliphatic rings. The molecule has 0 aliphatic carbocycles. The normalized spacial score (nSPS) is 21.6. The monoisotopic (exact) mass is 495 g/mol. The van der Waals surface area contributed by atoms with E-state index >= 15 is 0 Å². The molecule has 0 spiro atoms. The lowest BCUT2D eigenvalue weighted by atomic mass is 10.0. The number of halogens is 3. The largest absolute Gasteiger partial charge is 0.376 e. The molecule has 106 valence electrons. The van der Waals surface area contributed by atoms with Crippen LogP contribution in [0.2, 0.25) is 0 Å². The Labute approximate surface area is 152 Å². The van der Waals surface area contributed by atoms with Crippen LogP contribution in [0.15, 0.2) is 41.2 Å². The Morgan fingerprint density at radius 3 is 2.60 bits per heavy atom. The molecule has 0 radical (unpaired) electrons. The summed E-state index contributed by atoms with van der Waals surface area (Å²) in [7, 11) is 0. The van der Waals surface area contributed by atoms with Crippen LogP contribution in [0.25, 0.3) is 0 Å². The van der Waals surface area contributed by atoms with Crippen LogP contribution < -0.4 is 5.32 Å². The number of hydrogen-bond donors (Lipinski definition) is 1. The summed E-state index contributed by atoms with van der Waals surface area (Å²) in [5.41, 5.74) is 2.55. The molecule has 1 unspecified atom stereocenters. The van der Waals surface area contributed by atoms with E-state index in [1.54, 1.807) is 0 Å². The molecule has 0 saturated carbocycles. The van der Waals surface area contributed by atoms with Gasteiger partial charge in [-0.3, -0.25) is 0 Å². The molecule has 20 heavy (non-hydrogen) atoms. The molecule has 6 heteroatoms. The van der Waals surface area contributed by atoms with E-state index in [0.29, 0.717) is 11.3 Å². The van der Waals surface area contributed by atoms with Gasteiger partial charge < -0.3 is 5.32 Å². The Bertz CT molecular complexity index is 618. The molecule has 1 N–H and O–H groups in total. The summed E-state index contributed by atoms with van der Waals surface area (Å²) in [5, 5.41) is 6.53. The van der Waals surface area contributed by atoms with Crippen molar-refractivity contribution in [3.8, 4) is 0 Å². The Hall–Kier alpha value is 0.510. The molecule has 2 heterocycles. The van der Waals surface area contributed by atoms with Crippen molar-refractivity contribution in [3.05, 3.63) is 42.6 Å². The molecular formula is C14H12Br3NS2. The number of thioether (sulfide) groups is 1. The van der Waals surface area contributed by atoms with Crippen LogP contribution in [-0.4, -0.2) is 5.25 Å². The molecule has 0 fully saturated rings. The average molecular weight is 498 g/mol. The Morgan fingerprint density at radius 2 is 1.90 bits per heavy atom. The first-order chi connectivity index (χ1) is 9.54. The molecule has 0 bridgehead atoms. The lowest BCUT2D eigenvalue weighted by Crippen LogP contribution is -2.19. The molecule has 1 aromatic heterocycles. The summed E-state index contributed by atoms with van der Waals surface area (Å²) < 4.78 is 4.65. The van der Waals surface area contributed by atoms with E-state index in [4.69, 9.17) is 0 Å². The number of fused-ring (bicyclic) bond motifs is 1. The summed E-state index contributed by atoms with van der Waals surface area (Å²) in [5.74, 6) is 0. The summed E-state index contributed by atoms with van der Waals surface area (Å²) in [6.07, 6.45) is 1.14. The summed E-state index contributed by atoms with van der Waals surface area (Å²) in [6.45, 7) is 2.30. The van der Waals surface area contributed by atoms with Crippen LogP contribution in [0.5, 0.6) is 0 Å². The third-order valence-corrected chi connectivity index (χ3v) is 7.29. The van der Waals surface area contributed by atoms with Crippen molar-refractivity contribution in [2.45, 2.75) is 28.8 Å². The van der Waals surface area contributed by atoms with Gasteiger partial charge in [0.05, 0.1) is 15.9 Å². The van der Waals surface area contributed by atoms with E-state index in [1.165, 1.54) is 9.77 Å². The molecule has 1 nitrogen and oxygen atoms in total. The Kier molecular flexibility index (Phi) is 4.87. The van der Waals surface area contributed by atoms with Crippen LogP contribution in [0.1, 0.15) is 24.9 Å². The van der Waals surface area contributed by atoms with Gasteiger partial charge in [-0.2, -0.15) is 0 Å². The van der Waals surface area contributed by atoms with Gasteiger partial charge in [0.2, 0.25) is 0 Å². The fourth-order valence-electron chi connectivity index (χ4n) is 2.34. The van der Waals surface area contributed by atoms with E-state index < -0.39 is 0 Å². The average Bonchev–Trinajstić information content (AvgIpc) is 2.81. The third kappa shape index (κ3) is 3.14. The van der Waals surface area contributed by atoms with Crippen molar-refractivity contribution in [2.75, 3.05) is 5.32 Å². The number of anilines is 1. The molecule has 1 aromatic carbocycles. The van der Waals surface area contributed by atoms with Crippen LogP contribution in [0, 0.1) is 0 Å². The van der Waals surface area contributed by atoms with Crippen LogP contribution in [0.4, 0.5) is 5.69 Å². The van der Waals surface area contributed by atoms with Gasteiger partial charge >= 0.3 is 0 Å². The Morgan fingerprint density at radius 1 is 1.20 bits per heavy atom. The second-order valence-corrected chi connectivity index (χ2v) is 10.0. The topological polar surface area (TPSA) is 12.0 Å². The predicted octanol–water partition coefficient (Wildman–Crippen LogP) is 7.07. The van der Waals surface area contributed by atoms with Crippen molar-refractivity contribution >= 4 is 76.6 Å².